The number of hydrogen-bond donors (Lipinski definition) is 0. The number of hydrogen-bond acceptors (Lipinski definition) is 5. The van der Waals surface area contributed by atoms with E-state index in [0.29, 0.717) is 13.0 Å². The number of aromatic nitrogens is 2. The second-order valence-electron chi connectivity index (χ2n) is 3.21. The van der Waals surface area contributed by atoms with E-state index in [-0.39, 0.29) is 10.8 Å². The van der Waals surface area contributed by atoms with Gasteiger partial charge in [-0.05, 0) is 23.6 Å². The van der Waals surface area contributed by atoms with Crippen molar-refractivity contribution in [2.24, 2.45) is 0 Å². The van der Waals surface area contributed by atoms with E-state index in [1.165, 1.54) is 17.0 Å². The molecule has 2 aromatic heterocycles. The van der Waals surface area contributed by atoms with Gasteiger partial charge in [-0.15, -0.1) is 21.5 Å². The Morgan fingerprint density at radius 2 is 2.24 bits per heavy atom. The van der Waals surface area contributed by atoms with Crippen LogP contribution in [0, 0.1) is 0 Å². The predicted octanol–water partition coefficient (Wildman–Crippen LogP) is 2.59. The summed E-state index contributed by atoms with van der Waals surface area (Å²) in [5.41, 5.74) is 0.167. The molecule has 0 amide bonds. The predicted molar refractivity (Wildman–Crippen MR) is 65.3 cm³/mol. The van der Waals surface area contributed by atoms with E-state index in [1.807, 2.05) is 17.5 Å². The summed E-state index contributed by atoms with van der Waals surface area (Å²) in [6.45, 7) is 0.337. The Balaban J connectivity index is 1.83. The molecule has 0 radical (unpaired) electrons. The molecule has 0 saturated heterocycles. The first kappa shape index (κ1) is 12.0. The maximum absolute atomic E-state index is 11.5. The highest BCUT2D eigenvalue weighted by Gasteiger charge is 2.09. The Morgan fingerprint density at radius 3 is 2.88 bits per heavy atom. The van der Waals surface area contributed by atoms with Crippen LogP contribution in [0.5, 0.6) is 0 Å². The van der Waals surface area contributed by atoms with Crippen molar-refractivity contribution in [3.63, 3.8) is 0 Å². The molecule has 0 N–H and O–H groups in total. The van der Waals surface area contributed by atoms with Crippen molar-refractivity contribution >= 4 is 28.9 Å². The van der Waals surface area contributed by atoms with Crippen molar-refractivity contribution in [2.75, 3.05) is 6.61 Å². The molecule has 6 heteroatoms. The fraction of sp³-hybridized carbons (Fsp3) is 0.182. The number of halogens is 1. The first-order chi connectivity index (χ1) is 8.25. The van der Waals surface area contributed by atoms with Gasteiger partial charge in [0.2, 0.25) is 0 Å². The third kappa shape index (κ3) is 3.51. The van der Waals surface area contributed by atoms with Gasteiger partial charge in [0.05, 0.1) is 6.61 Å². The highest BCUT2D eigenvalue weighted by atomic mass is 35.5. The van der Waals surface area contributed by atoms with Gasteiger partial charge >= 0.3 is 5.97 Å². The van der Waals surface area contributed by atoms with E-state index >= 15 is 0 Å². The minimum atomic E-state index is -0.481. The Bertz CT molecular complexity index is 485. The van der Waals surface area contributed by atoms with E-state index < -0.39 is 5.97 Å². The molecule has 2 aromatic rings. The van der Waals surface area contributed by atoms with Gasteiger partial charge < -0.3 is 4.74 Å². The molecule has 0 bridgehead atoms. The van der Waals surface area contributed by atoms with E-state index in [0.717, 1.165) is 0 Å². The molecule has 0 saturated carbocycles. The van der Waals surface area contributed by atoms with Gasteiger partial charge in [-0.3, -0.25) is 0 Å². The number of esters is 1. The fourth-order valence-electron chi connectivity index (χ4n) is 1.20. The lowest BCUT2D eigenvalue weighted by Gasteiger charge is -2.02. The lowest BCUT2D eigenvalue weighted by molar-refractivity contribution is 0.0501. The van der Waals surface area contributed by atoms with Crippen LogP contribution in [-0.4, -0.2) is 22.8 Å². The van der Waals surface area contributed by atoms with Crippen LogP contribution in [-0.2, 0) is 11.2 Å². The van der Waals surface area contributed by atoms with Gasteiger partial charge in [0.1, 0.15) is 0 Å². The number of carbonyl (C=O) groups excluding carboxylic acids is 1. The third-order valence-corrected chi connectivity index (χ3v) is 3.14. The maximum atomic E-state index is 11.5. The van der Waals surface area contributed by atoms with Crippen molar-refractivity contribution < 1.29 is 9.53 Å². The SMILES string of the molecule is O=C(OCCc1cccs1)c1ccc(Cl)nn1. The summed E-state index contributed by atoms with van der Waals surface area (Å²) in [7, 11) is 0. The standard InChI is InChI=1S/C11H9ClN2O2S/c12-10-4-3-9(13-14-10)11(15)16-6-5-8-2-1-7-17-8/h1-4,7H,5-6H2. The summed E-state index contributed by atoms with van der Waals surface area (Å²) in [5.74, 6) is -0.481. The van der Waals surface area contributed by atoms with Gasteiger partial charge in [-0.25, -0.2) is 4.79 Å². The van der Waals surface area contributed by atoms with Crippen LogP contribution in [0.1, 0.15) is 15.4 Å². The zero-order valence-electron chi connectivity index (χ0n) is 8.80. The summed E-state index contributed by atoms with van der Waals surface area (Å²) in [6, 6.07) is 6.96. The van der Waals surface area contributed by atoms with Crippen molar-refractivity contribution in [1.29, 1.82) is 0 Å². The van der Waals surface area contributed by atoms with Crippen molar-refractivity contribution in [1.82, 2.24) is 10.2 Å². The molecule has 0 aliphatic heterocycles. The quantitative estimate of drug-likeness (QED) is 0.800. The van der Waals surface area contributed by atoms with Gasteiger partial charge in [-0.2, -0.15) is 0 Å². The minimum absolute atomic E-state index is 0.167. The van der Waals surface area contributed by atoms with Crippen LogP contribution in [0.15, 0.2) is 29.6 Å². The topological polar surface area (TPSA) is 52.1 Å². The first-order valence-electron chi connectivity index (χ1n) is 4.94. The molecule has 17 heavy (non-hydrogen) atoms. The minimum Gasteiger partial charge on any atom is -0.461 e. The van der Waals surface area contributed by atoms with E-state index in [9.17, 15) is 4.79 Å². The molecule has 0 aliphatic rings. The smallest absolute Gasteiger partial charge is 0.358 e. The molecular formula is C11H9ClN2O2S. The van der Waals surface area contributed by atoms with Gasteiger partial charge in [-0.1, -0.05) is 17.7 Å². The monoisotopic (exact) mass is 268 g/mol. The summed E-state index contributed by atoms with van der Waals surface area (Å²) >= 11 is 7.20. The van der Waals surface area contributed by atoms with Crippen molar-refractivity contribution in [3.8, 4) is 0 Å². The van der Waals surface area contributed by atoms with E-state index in [2.05, 4.69) is 10.2 Å². The lowest BCUT2D eigenvalue weighted by Crippen LogP contribution is -2.10. The molecule has 0 aliphatic carbocycles. The lowest BCUT2D eigenvalue weighted by atomic mass is 10.3. The summed E-state index contributed by atoms with van der Waals surface area (Å²) in [5, 5.41) is 9.45. The van der Waals surface area contributed by atoms with Crippen LogP contribution in [0.4, 0.5) is 0 Å². The van der Waals surface area contributed by atoms with Crippen molar-refractivity contribution in [2.45, 2.75) is 6.42 Å². The average molecular weight is 269 g/mol. The normalized spacial score (nSPS) is 10.2. The zero-order chi connectivity index (χ0) is 12.1. The van der Waals surface area contributed by atoms with Crippen LogP contribution < -0.4 is 0 Å². The summed E-state index contributed by atoms with van der Waals surface area (Å²) in [6.07, 6.45) is 0.713. The van der Waals surface area contributed by atoms with E-state index in [4.69, 9.17) is 16.3 Å². The number of nitrogens with zero attached hydrogens (tertiary/aromatic N) is 2. The third-order valence-electron chi connectivity index (χ3n) is 2.00. The molecule has 88 valence electrons. The van der Waals surface area contributed by atoms with Crippen LogP contribution >= 0.6 is 22.9 Å². The Hall–Kier alpha value is -1.46. The number of carbonyl (C=O) groups is 1. The first-order valence-corrected chi connectivity index (χ1v) is 6.20. The highest BCUT2D eigenvalue weighted by molar-refractivity contribution is 7.09. The Labute approximate surface area is 107 Å². The number of ether oxygens (including phenoxy) is 1. The molecule has 0 fully saturated rings. The average Bonchev–Trinajstić information content (AvgIpc) is 2.83. The maximum Gasteiger partial charge on any atom is 0.358 e. The molecule has 2 rings (SSSR count). The van der Waals surface area contributed by atoms with Gasteiger partial charge in [0.15, 0.2) is 10.8 Å². The Morgan fingerprint density at radius 1 is 1.35 bits per heavy atom. The molecule has 2 heterocycles. The van der Waals surface area contributed by atoms with Crippen LogP contribution in [0.25, 0.3) is 0 Å². The summed E-state index contributed by atoms with van der Waals surface area (Å²) < 4.78 is 5.06. The Kier molecular flexibility index (Phi) is 4.06. The second kappa shape index (κ2) is 5.75. The summed E-state index contributed by atoms with van der Waals surface area (Å²) in [4.78, 5) is 12.7. The molecule has 0 atom stereocenters. The van der Waals surface area contributed by atoms with Crippen molar-refractivity contribution in [3.05, 3.63) is 45.4 Å². The molecule has 0 aromatic carbocycles. The van der Waals surface area contributed by atoms with Crippen LogP contribution in [0.2, 0.25) is 5.15 Å². The fourth-order valence-corrected chi connectivity index (χ4v) is 1.99. The van der Waals surface area contributed by atoms with Gasteiger partial charge in [0, 0.05) is 11.3 Å². The highest BCUT2D eigenvalue weighted by Crippen LogP contribution is 2.09. The molecular weight excluding hydrogens is 260 g/mol. The second-order valence-corrected chi connectivity index (χ2v) is 4.63. The van der Waals surface area contributed by atoms with Gasteiger partial charge in [0.25, 0.3) is 0 Å². The largest absolute Gasteiger partial charge is 0.461 e. The zero-order valence-corrected chi connectivity index (χ0v) is 10.4. The number of thiophene rings is 1. The molecule has 4 nitrogen and oxygen atoms in total. The molecule has 0 spiro atoms. The number of rotatable bonds is 4. The van der Waals surface area contributed by atoms with E-state index in [1.54, 1.807) is 11.3 Å². The van der Waals surface area contributed by atoms with Crippen LogP contribution in [0.3, 0.4) is 0 Å². The molecule has 0 unspecified atom stereocenters.